The number of amidine groups is 1. The van der Waals surface area contributed by atoms with E-state index in [0.29, 0.717) is 11.5 Å². The Balaban J connectivity index is 2.28. The van der Waals surface area contributed by atoms with Crippen LogP contribution in [0.4, 0.5) is 0 Å². The first-order valence-electron chi connectivity index (χ1n) is 6.13. The first-order chi connectivity index (χ1) is 9.56. The number of likely N-dealkylation sites (N-methyl/N-ethyl adjacent to an activating group) is 1. The molecule has 20 heavy (non-hydrogen) atoms. The van der Waals surface area contributed by atoms with Crippen LogP contribution in [0, 0.1) is 3.57 Å². The van der Waals surface area contributed by atoms with Gasteiger partial charge in [0.15, 0.2) is 5.17 Å². The van der Waals surface area contributed by atoms with Crippen molar-refractivity contribution < 1.29 is 9.53 Å². The second-order valence-electron chi connectivity index (χ2n) is 4.10. The predicted octanol–water partition coefficient (Wildman–Crippen LogP) is 3.22. The summed E-state index contributed by atoms with van der Waals surface area (Å²) in [6.45, 7) is 2.60. The highest BCUT2D eigenvalue weighted by Crippen LogP contribution is 2.32. The van der Waals surface area contributed by atoms with Gasteiger partial charge in [0.2, 0.25) is 0 Å². The van der Waals surface area contributed by atoms with Crippen molar-refractivity contribution in [2.45, 2.75) is 6.92 Å². The normalized spacial score (nSPS) is 19.2. The van der Waals surface area contributed by atoms with Crippen molar-refractivity contribution in [1.29, 1.82) is 0 Å². The maximum atomic E-state index is 12.1. The number of hydrogen-bond donors (Lipinski definition) is 0. The molecule has 2 rings (SSSR count). The van der Waals surface area contributed by atoms with E-state index in [-0.39, 0.29) is 5.91 Å². The van der Waals surface area contributed by atoms with Gasteiger partial charge in [-0.25, -0.2) is 0 Å². The van der Waals surface area contributed by atoms with E-state index >= 15 is 0 Å². The molecule has 0 atom stereocenters. The van der Waals surface area contributed by atoms with Crippen molar-refractivity contribution in [2.24, 2.45) is 4.99 Å². The van der Waals surface area contributed by atoms with Crippen LogP contribution >= 0.6 is 34.4 Å². The minimum absolute atomic E-state index is 0.0144. The van der Waals surface area contributed by atoms with E-state index < -0.39 is 0 Å². The van der Waals surface area contributed by atoms with Crippen molar-refractivity contribution in [1.82, 2.24) is 4.90 Å². The van der Waals surface area contributed by atoms with E-state index in [9.17, 15) is 4.79 Å². The van der Waals surface area contributed by atoms with Gasteiger partial charge in [-0.3, -0.25) is 14.7 Å². The topological polar surface area (TPSA) is 41.9 Å². The van der Waals surface area contributed by atoms with Gasteiger partial charge in [0.1, 0.15) is 5.75 Å². The second kappa shape index (κ2) is 6.62. The van der Waals surface area contributed by atoms with E-state index in [1.165, 1.54) is 11.8 Å². The molecular formula is C14H15IN2O2S. The Labute approximate surface area is 136 Å². The van der Waals surface area contributed by atoms with Crippen LogP contribution in [0.15, 0.2) is 28.1 Å². The number of carbonyl (C=O) groups is 1. The SMILES string of the molecule is CCOc1ccc(/C=C2\SC(=NC)N(C)C2=O)cc1I. The number of thioether (sulfide) groups is 1. The molecule has 0 spiro atoms. The van der Waals surface area contributed by atoms with Crippen molar-refractivity contribution >= 4 is 51.5 Å². The van der Waals surface area contributed by atoms with Crippen LogP contribution in [0.3, 0.4) is 0 Å². The molecule has 1 aromatic carbocycles. The van der Waals surface area contributed by atoms with Gasteiger partial charge in [-0.2, -0.15) is 0 Å². The largest absolute Gasteiger partial charge is 0.493 e. The van der Waals surface area contributed by atoms with Crippen LogP contribution < -0.4 is 4.74 Å². The molecule has 6 heteroatoms. The maximum absolute atomic E-state index is 12.1. The fourth-order valence-electron chi connectivity index (χ4n) is 1.78. The average Bonchev–Trinajstić information content (AvgIpc) is 2.70. The zero-order valence-corrected chi connectivity index (χ0v) is 14.5. The lowest BCUT2D eigenvalue weighted by Crippen LogP contribution is -2.23. The van der Waals surface area contributed by atoms with Gasteiger partial charge in [0.25, 0.3) is 5.91 Å². The number of rotatable bonds is 3. The molecule has 1 amide bonds. The lowest BCUT2D eigenvalue weighted by atomic mass is 10.2. The molecule has 1 aliphatic rings. The summed E-state index contributed by atoms with van der Waals surface area (Å²) >= 11 is 3.63. The predicted molar refractivity (Wildman–Crippen MR) is 92.0 cm³/mol. The number of nitrogens with zero attached hydrogens (tertiary/aromatic N) is 2. The molecule has 1 aromatic rings. The van der Waals surface area contributed by atoms with Crippen molar-refractivity contribution in [3.8, 4) is 5.75 Å². The first-order valence-corrected chi connectivity index (χ1v) is 8.03. The molecule has 1 aliphatic heterocycles. The van der Waals surface area contributed by atoms with Crippen molar-refractivity contribution in [3.63, 3.8) is 0 Å². The van der Waals surface area contributed by atoms with Crippen molar-refractivity contribution in [2.75, 3.05) is 20.7 Å². The second-order valence-corrected chi connectivity index (χ2v) is 6.28. The number of aliphatic imine (C=N–C) groups is 1. The van der Waals surface area contributed by atoms with Crippen LogP contribution in [0.25, 0.3) is 6.08 Å². The molecule has 0 saturated carbocycles. The Kier molecular flexibility index (Phi) is 5.09. The zero-order valence-electron chi connectivity index (χ0n) is 11.5. The quantitative estimate of drug-likeness (QED) is 0.576. The fourth-order valence-corrected chi connectivity index (χ4v) is 3.40. The summed E-state index contributed by atoms with van der Waals surface area (Å²) in [7, 11) is 3.43. The molecule has 0 aromatic heterocycles. The highest BCUT2D eigenvalue weighted by atomic mass is 127. The van der Waals surface area contributed by atoms with Gasteiger partial charge in [-0.15, -0.1) is 0 Å². The molecular weight excluding hydrogens is 387 g/mol. The van der Waals surface area contributed by atoms with Crippen LogP contribution in [0.2, 0.25) is 0 Å². The molecule has 4 nitrogen and oxygen atoms in total. The van der Waals surface area contributed by atoms with Crippen LogP contribution in [0.1, 0.15) is 12.5 Å². The van der Waals surface area contributed by atoms with E-state index in [2.05, 4.69) is 27.6 Å². The molecule has 0 radical (unpaired) electrons. The maximum Gasteiger partial charge on any atom is 0.266 e. The first kappa shape index (κ1) is 15.4. The molecule has 1 fully saturated rings. The number of carbonyl (C=O) groups excluding carboxylic acids is 1. The monoisotopic (exact) mass is 402 g/mol. The third-order valence-electron chi connectivity index (χ3n) is 2.75. The Morgan fingerprint density at radius 2 is 2.25 bits per heavy atom. The van der Waals surface area contributed by atoms with Gasteiger partial charge >= 0.3 is 0 Å². The third kappa shape index (κ3) is 3.17. The van der Waals surface area contributed by atoms with Crippen LogP contribution in [0.5, 0.6) is 5.75 Å². The minimum atomic E-state index is -0.0144. The number of ether oxygens (including phenoxy) is 1. The van der Waals surface area contributed by atoms with Gasteiger partial charge in [-0.05, 0) is 65.0 Å². The minimum Gasteiger partial charge on any atom is -0.493 e. The molecule has 0 N–H and O–H groups in total. The number of hydrogen-bond acceptors (Lipinski definition) is 4. The summed E-state index contributed by atoms with van der Waals surface area (Å²) in [5.74, 6) is 0.855. The third-order valence-corrected chi connectivity index (χ3v) is 4.74. The number of benzene rings is 1. The number of amides is 1. The molecule has 0 aliphatic carbocycles. The summed E-state index contributed by atoms with van der Waals surface area (Å²) in [5.41, 5.74) is 0.986. The summed E-state index contributed by atoms with van der Waals surface area (Å²) in [5, 5.41) is 0.724. The van der Waals surface area contributed by atoms with Crippen LogP contribution in [-0.4, -0.2) is 36.7 Å². The summed E-state index contributed by atoms with van der Waals surface area (Å²) in [6, 6.07) is 5.89. The summed E-state index contributed by atoms with van der Waals surface area (Å²) in [6.07, 6.45) is 1.89. The lowest BCUT2D eigenvalue weighted by molar-refractivity contribution is -0.121. The van der Waals surface area contributed by atoms with E-state index in [1.54, 1.807) is 19.0 Å². The molecule has 106 valence electrons. The molecule has 1 saturated heterocycles. The van der Waals surface area contributed by atoms with E-state index in [4.69, 9.17) is 4.74 Å². The smallest absolute Gasteiger partial charge is 0.266 e. The Hall–Kier alpha value is -1.02. The Morgan fingerprint density at radius 1 is 1.50 bits per heavy atom. The Bertz CT molecular complexity index is 599. The highest BCUT2D eigenvalue weighted by molar-refractivity contribution is 14.1. The molecule has 1 heterocycles. The summed E-state index contributed by atoms with van der Waals surface area (Å²) < 4.78 is 6.54. The average molecular weight is 402 g/mol. The van der Waals surface area contributed by atoms with E-state index in [1.807, 2.05) is 31.2 Å². The fraction of sp³-hybridized carbons (Fsp3) is 0.286. The number of halogens is 1. The Morgan fingerprint density at radius 3 is 2.80 bits per heavy atom. The summed E-state index contributed by atoms with van der Waals surface area (Å²) in [4.78, 5) is 18.4. The van der Waals surface area contributed by atoms with Gasteiger partial charge in [-0.1, -0.05) is 6.07 Å². The van der Waals surface area contributed by atoms with E-state index in [0.717, 1.165) is 20.1 Å². The van der Waals surface area contributed by atoms with Crippen LogP contribution in [-0.2, 0) is 4.79 Å². The lowest BCUT2D eigenvalue weighted by Gasteiger charge is -2.06. The van der Waals surface area contributed by atoms with Gasteiger partial charge in [0.05, 0.1) is 15.1 Å². The molecule has 0 unspecified atom stereocenters. The standard InChI is InChI=1S/C14H15IN2O2S/c1-4-19-11-6-5-9(7-10(11)15)8-12-13(18)17(3)14(16-2)20-12/h5-8H,4H2,1-3H3/b12-8-,16-14?. The zero-order chi connectivity index (χ0) is 14.7. The van der Waals surface area contributed by atoms with Gasteiger partial charge < -0.3 is 4.74 Å². The molecule has 0 bridgehead atoms. The van der Waals surface area contributed by atoms with Gasteiger partial charge in [0, 0.05) is 14.1 Å². The highest BCUT2D eigenvalue weighted by Gasteiger charge is 2.29. The van der Waals surface area contributed by atoms with Crippen molar-refractivity contribution in [3.05, 3.63) is 32.2 Å².